The smallest absolute Gasteiger partial charge is 0.235 e. The van der Waals surface area contributed by atoms with E-state index in [1.807, 2.05) is 6.92 Å². The second kappa shape index (κ2) is 8.25. The summed E-state index contributed by atoms with van der Waals surface area (Å²) in [7, 11) is 0. The van der Waals surface area contributed by atoms with E-state index in [1.54, 1.807) is 36.4 Å². The number of carbonyl (C=O) groups excluding carboxylic acids is 1. The first-order chi connectivity index (χ1) is 12.9. The lowest BCUT2D eigenvalue weighted by molar-refractivity contribution is -0.116. The van der Waals surface area contributed by atoms with E-state index < -0.39 is 17.3 Å². The summed E-state index contributed by atoms with van der Waals surface area (Å²) in [4.78, 5) is 12.7. The standard InChI is InChI=1S/C17H17FN6O2S/c1-11(12-2-6-14(18)7-3-12)24-22-17(21-23-24)13-4-8-15(9-5-13)27(26)20-10-16(19)25/h2-9,11,20H,10H2,1H3,(H2,19,25). The third kappa shape index (κ3) is 4.67. The number of hydrogen-bond acceptors (Lipinski definition) is 6. The fourth-order valence-corrected chi connectivity index (χ4v) is 3.15. The van der Waals surface area contributed by atoms with Gasteiger partial charge < -0.3 is 10.3 Å². The molecule has 0 fully saturated rings. The number of rotatable bonds is 7. The van der Waals surface area contributed by atoms with E-state index in [-0.39, 0.29) is 18.4 Å². The number of aromatic nitrogens is 4. The molecule has 0 spiro atoms. The summed E-state index contributed by atoms with van der Waals surface area (Å²) in [5, 5.41) is 12.5. The van der Waals surface area contributed by atoms with E-state index in [1.165, 1.54) is 16.9 Å². The van der Waals surface area contributed by atoms with Crippen LogP contribution in [0.1, 0.15) is 18.5 Å². The molecule has 10 heteroatoms. The van der Waals surface area contributed by atoms with Gasteiger partial charge in [-0.15, -0.1) is 14.9 Å². The van der Waals surface area contributed by atoms with E-state index in [9.17, 15) is 13.7 Å². The van der Waals surface area contributed by atoms with Gasteiger partial charge in [0.1, 0.15) is 12.4 Å². The molecule has 3 N–H and O–H groups in total. The summed E-state index contributed by atoms with van der Waals surface area (Å²) in [5.41, 5.74) is 6.57. The highest BCUT2D eigenvalue weighted by Crippen LogP contribution is 2.20. The molecule has 1 heterocycles. The van der Waals surface area contributed by atoms with Crippen molar-refractivity contribution in [3.8, 4) is 11.4 Å². The predicted molar refractivity (Wildman–Crippen MR) is 97.1 cm³/mol. The van der Waals surface area contributed by atoms with Crippen LogP contribution < -0.4 is 10.5 Å². The zero-order valence-electron chi connectivity index (χ0n) is 14.4. The SMILES string of the molecule is CC(c1ccc(F)cc1)n1nnc(-c2ccc([S+]([O-])NCC(N)=O)cc2)n1. The number of carbonyl (C=O) groups is 1. The Labute approximate surface area is 157 Å². The Morgan fingerprint density at radius 2 is 1.93 bits per heavy atom. The molecular weight excluding hydrogens is 371 g/mol. The van der Waals surface area contributed by atoms with Crippen molar-refractivity contribution in [2.24, 2.45) is 5.73 Å². The van der Waals surface area contributed by atoms with Gasteiger partial charge in [0.15, 0.2) is 4.90 Å². The quantitative estimate of drug-likeness (QED) is 0.586. The highest BCUT2D eigenvalue weighted by molar-refractivity contribution is 7.89. The summed E-state index contributed by atoms with van der Waals surface area (Å²) in [6, 6.07) is 12.6. The number of nitrogens with one attached hydrogen (secondary N) is 1. The minimum Gasteiger partial charge on any atom is -0.593 e. The molecule has 2 aromatic carbocycles. The van der Waals surface area contributed by atoms with Gasteiger partial charge in [0.05, 0.1) is 17.4 Å². The Balaban J connectivity index is 1.72. The fraction of sp³-hybridized carbons (Fsp3) is 0.176. The molecule has 0 saturated carbocycles. The number of nitrogens with zero attached hydrogens (tertiary/aromatic N) is 4. The van der Waals surface area contributed by atoms with Crippen molar-refractivity contribution in [1.82, 2.24) is 24.9 Å². The van der Waals surface area contributed by atoms with E-state index in [0.29, 0.717) is 16.3 Å². The Morgan fingerprint density at radius 1 is 1.26 bits per heavy atom. The molecule has 0 aliphatic carbocycles. The summed E-state index contributed by atoms with van der Waals surface area (Å²) in [6.45, 7) is 1.71. The lowest BCUT2D eigenvalue weighted by atomic mass is 10.1. The zero-order chi connectivity index (χ0) is 19.4. The molecule has 0 bridgehead atoms. The molecule has 2 atom stereocenters. The van der Waals surface area contributed by atoms with E-state index in [2.05, 4.69) is 20.1 Å². The van der Waals surface area contributed by atoms with Crippen LogP contribution in [0.15, 0.2) is 53.4 Å². The molecule has 1 amide bonds. The molecule has 2 unspecified atom stereocenters. The average Bonchev–Trinajstić information content (AvgIpc) is 3.16. The maximum absolute atomic E-state index is 13.1. The lowest BCUT2D eigenvalue weighted by Crippen LogP contribution is -2.33. The van der Waals surface area contributed by atoms with Crippen LogP contribution >= 0.6 is 0 Å². The Morgan fingerprint density at radius 3 is 2.56 bits per heavy atom. The maximum atomic E-state index is 13.1. The average molecular weight is 388 g/mol. The normalized spacial score (nSPS) is 13.3. The zero-order valence-corrected chi connectivity index (χ0v) is 15.2. The van der Waals surface area contributed by atoms with Crippen LogP contribution in [0.5, 0.6) is 0 Å². The van der Waals surface area contributed by atoms with Gasteiger partial charge in [-0.2, -0.15) is 4.80 Å². The second-order valence-electron chi connectivity index (χ2n) is 5.74. The van der Waals surface area contributed by atoms with Crippen molar-refractivity contribution in [3.63, 3.8) is 0 Å². The van der Waals surface area contributed by atoms with Gasteiger partial charge in [-0.05, 0) is 54.1 Å². The number of primary amides is 1. The third-order valence-electron chi connectivity index (χ3n) is 3.83. The third-order valence-corrected chi connectivity index (χ3v) is 4.94. The van der Waals surface area contributed by atoms with Crippen LogP contribution in [-0.2, 0) is 16.2 Å². The summed E-state index contributed by atoms with van der Waals surface area (Å²) in [6.07, 6.45) is 0. The highest BCUT2D eigenvalue weighted by atomic mass is 32.2. The van der Waals surface area contributed by atoms with Gasteiger partial charge in [0.2, 0.25) is 11.7 Å². The lowest BCUT2D eigenvalue weighted by Gasteiger charge is -2.10. The number of amides is 1. The largest absolute Gasteiger partial charge is 0.593 e. The van der Waals surface area contributed by atoms with Crippen LogP contribution in [0.4, 0.5) is 4.39 Å². The summed E-state index contributed by atoms with van der Waals surface area (Å²) >= 11 is -1.54. The number of tetrazole rings is 1. The molecule has 0 radical (unpaired) electrons. The molecule has 0 aliphatic rings. The minimum atomic E-state index is -1.54. The first-order valence-corrected chi connectivity index (χ1v) is 9.18. The number of halogens is 1. The van der Waals surface area contributed by atoms with E-state index >= 15 is 0 Å². The maximum Gasteiger partial charge on any atom is 0.235 e. The summed E-state index contributed by atoms with van der Waals surface area (Å²) in [5.74, 6) is -0.483. The van der Waals surface area contributed by atoms with Gasteiger partial charge in [-0.1, -0.05) is 12.1 Å². The minimum absolute atomic E-state index is 0.175. The molecule has 0 saturated heterocycles. The van der Waals surface area contributed by atoms with E-state index in [4.69, 9.17) is 5.73 Å². The topological polar surface area (TPSA) is 122 Å². The molecular formula is C17H17FN6O2S. The van der Waals surface area contributed by atoms with Crippen LogP contribution in [0.2, 0.25) is 0 Å². The van der Waals surface area contributed by atoms with Gasteiger partial charge in [-0.3, -0.25) is 4.79 Å². The number of nitrogens with two attached hydrogens (primary N) is 1. The van der Waals surface area contributed by atoms with Gasteiger partial charge in [0.25, 0.3) is 0 Å². The van der Waals surface area contributed by atoms with Crippen molar-refractivity contribution >= 4 is 17.3 Å². The molecule has 3 aromatic rings. The highest BCUT2D eigenvalue weighted by Gasteiger charge is 2.15. The number of hydrogen-bond donors (Lipinski definition) is 2. The monoisotopic (exact) mass is 388 g/mol. The molecule has 27 heavy (non-hydrogen) atoms. The molecule has 8 nitrogen and oxygen atoms in total. The van der Waals surface area contributed by atoms with Crippen molar-refractivity contribution in [2.45, 2.75) is 17.9 Å². The Hall–Kier alpha value is -2.82. The molecule has 3 rings (SSSR count). The second-order valence-corrected chi connectivity index (χ2v) is 7.04. The summed E-state index contributed by atoms with van der Waals surface area (Å²) < 4.78 is 27.6. The van der Waals surface area contributed by atoms with Crippen LogP contribution in [0.25, 0.3) is 11.4 Å². The predicted octanol–water partition coefficient (Wildman–Crippen LogP) is 1.19. The van der Waals surface area contributed by atoms with Crippen molar-refractivity contribution in [3.05, 3.63) is 59.9 Å². The molecule has 1 aromatic heterocycles. The van der Waals surface area contributed by atoms with E-state index in [0.717, 1.165) is 5.56 Å². The molecule has 0 aliphatic heterocycles. The van der Waals surface area contributed by atoms with Crippen LogP contribution in [-0.4, -0.2) is 37.2 Å². The Bertz CT molecular complexity index is 916. The van der Waals surface area contributed by atoms with Crippen LogP contribution in [0, 0.1) is 5.82 Å². The Kier molecular flexibility index (Phi) is 5.79. The number of benzene rings is 2. The van der Waals surface area contributed by atoms with Crippen molar-refractivity contribution in [1.29, 1.82) is 0 Å². The van der Waals surface area contributed by atoms with Gasteiger partial charge in [0, 0.05) is 5.56 Å². The van der Waals surface area contributed by atoms with Gasteiger partial charge in [-0.25, -0.2) is 4.39 Å². The van der Waals surface area contributed by atoms with Crippen LogP contribution in [0.3, 0.4) is 0 Å². The van der Waals surface area contributed by atoms with Crippen molar-refractivity contribution in [2.75, 3.05) is 6.54 Å². The van der Waals surface area contributed by atoms with Gasteiger partial charge >= 0.3 is 0 Å². The van der Waals surface area contributed by atoms with Crippen molar-refractivity contribution < 1.29 is 13.7 Å². The molecule has 140 valence electrons. The first-order valence-electron chi connectivity index (χ1n) is 8.03. The first kappa shape index (κ1) is 19.0. The fourth-order valence-electron chi connectivity index (χ4n) is 2.33.